The molecule has 0 aromatic heterocycles. The number of anilines is 1. The van der Waals surface area contributed by atoms with Crippen LogP contribution < -0.4 is 5.32 Å². The van der Waals surface area contributed by atoms with Gasteiger partial charge in [0.1, 0.15) is 0 Å². The predicted octanol–water partition coefficient (Wildman–Crippen LogP) is 3.89. The lowest BCUT2D eigenvalue weighted by Crippen LogP contribution is -2.35. The van der Waals surface area contributed by atoms with Crippen LogP contribution in [0.25, 0.3) is 0 Å². The van der Waals surface area contributed by atoms with Crippen molar-refractivity contribution in [2.75, 3.05) is 25.5 Å². The number of imide groups is 1. The third-order valence-electron chi connectivity index (χ3n) is 5.56. The van der Waals surface area contributed by atoms with Gasteiger partial charge in [-0.2, -0.15) is 0 Å². The van der Waals surface area contributed by atoms with E-state index in [1.807, 2.05) is 30.3 Å². The quantitative estimate of drug-likeness (QED) is 0.525. The highest BCUT2D eigenvalue weighted by molar-refractivity contribution is 6.33. The minimum Gasteiger partial charge on any atom is -0.332 e. The van der Waals surface area contributed by atoms with Gasteiger partial charge < -0.3 is 10.2 Å². The third kappa shape index (κ3) is 4.84. The Hall–Kier alpha value is -3.97. The maximum atomic E-state index is 12.9. The Bertz CT molecular complexity index is 1280. The van der Waals surface area contributed by atoms with E-state index in [4.69, 9.17) is 11.6 Å². The highest BCUT2D eigenvalue weighted by atomic mass is 35.5. The summed E-state index contributed by atoms with van der Waals surface area (Å²) in [6, 6.07) is 20.8. The number of fused-ring (bicyclic) bond motifs is 1. The number of halogens is 1. The minimum atomic E-state index is -0.444. The fourth-order valence-corrected chi connectivity index (χ4v) is 3.96. The van der Waals surface area contributed by atoms with Crippen LogP contribution in [0.3, 0.4) is 0 Å². The van der Waals surface area contributed by atoms with E-state index in [9.17, 15) is 19.2 Å². The van der Waals surface area contributed by atoms with Crippen LogP contribution >= 0.6 is 11.6 Å². The van der Waals surface area contributed by atoms with Crippen molar-refractivity contribution < 1.29 is 19.2 Å². The summed E-state index contributed by atoms with van der Waals surface area (Å²) in [7, 11) is 1.49. The van der Waals surface area contributed by atoms with Gasteiger partial charge in [-0.1, -0.05) is 54.1 Å². The number of benzene rings is 3. The Morgan fingerprint density at radius 1 is 0.912 bits per heavy atom. The first-order chi connectivity index (χ1) is 16.3. The first-order valence-electron chi connectivity index (χ1n) is 10.7. The summed E-state index contributed by atoms with van der Waals surface area (Å²) in [6.45, 7) is 0.0407. The van der Waals surface area contributed by atoms with Crippen LogP contribution in [-0.4, -0.2) is 53.6 Å². The number of carbonyl (C=O) groups is 4. The Morgan fingerprint density at radius 3 is 2.32 bits per heavy atom. The molecule has 0 bridgehead atoms. The normalized spacial score (nSPS) is 12.5. The lowest BCUT2D eigenvalue weighted by atomic mass is 10.0. The highest BCUT2D eigenvalue weighted by Gasteiger charge is 2.36. The largest absolute Gasteiger partial charge is 0.332 e. The molecule has 3 aromatic carbocycles. The zero-order valence-electron chi connectivity index (χ0n) is 18.5. The Labute approximate surface area is 201 Å². The number of amides is 4. The van der Waals surface area contributed by atoms with Crippen molar-refractivity contribution in [3.05, 3.63) is 100 Å². The van der Waals surface area contributed by atoms with Crippen LogP contribution in [-0.2, 0) is 11.2 Å². The lowest BCUT2D eigenvalue weighted by Gasteiger charge is -2.17. The van der Waals surface area contributed by atoms with Crippen LogP contribution in [0.5, 0.6) is 0 Å². The maximum Gasteiger partial charge on any atom is 0.261 e. The van der Waals surface area contributed by atoms with Crippen molar-refractivity contribution in [1.82, 2.24) is 9.80 Å². The first kappa shape index (κ1) is 23.2. The van der Waals surface area contributed by atoms with Crippen LogP contribution in [0.1, 0.15) is 36.6 Å². The molecule has 0 unspecified atom stereocenters. The van der Waals surface area contributed by atoms with Crippen molar-refractivity contribution in [3.63, 3.8) is 0 Å². The number of rotatable bonds is 7. The van der Waals surface area contributed by atoms with E-state index in [2.05, 4.69) is 5.32 Å². The molecule has 34 heavy (non-hydrogen) atoms. The van der Waals surface area contributed by atoms with E-state index in [0.29, 0.717) is 17.1 Å². The zero-order valence-corrected chi connectivity index (χ0v) is 19.2. The van der Waals surface area contributed by atoms with Gasteiger partial charge in [0.25, 0.3) is 17.7 Å². The van der Waals surface area contributed by atoms with Gasteiger partial charge >= 0.3 is 0 Å². The van der Waals surface area contributed by atoms with Gasteiger partial charge in [-0.3, -0.25) is 24.1 Å². The molecule has 7 nitrogen and oxygen atoms in total. The minimum absolute atomic E-state index is 0.192. The molecule has 0 saturated carbocycles. The van der Waals surface area contributed by atoms with Crippen LogP contribution in [0.4, 0.5) is 5.69 Å². The van der Waals surface area contributed by atoms with Gasteiger partial charge in [0.15, 0.2) is 0 Å². The number of nitrogens with one attached hydrogen (secondary N) is 1. The van der Waals surface area contributed by atoms with E-state index >= 15 is 0 Å². The van der Waals surface area contributed by atoms with Crippen molar-refractivity contribution in [2.24, 2.45) is 0 Å². The Kier molecular flexibility index (Phi) is 6.75. The molecule has 0 fully saturated rings. The van der Waals surface area contributed by atoms with Crippen molar-refractivity contribution in [3.8, 4) is 0 Å². The van der Waals surface area contributed by atoms with Crippen LogP contribution in [0.15, 0.2) is 72.8 Å². The molecule has 0 atom stereocenters. The first-order valence-corrected chi connectivity index (χ1v) is 11.1. The predicted molar refractivity (Wildman–Crippen MR) is 129 cm³/mol. The van der Waals surface area contributed by atoms with Gasteiger partial charge in [-0.05, 0) is 42.3 Å². The average molecular weight is 476 g/mol. The molecule has 0 radical (unpaired) electrons. The molecule has 0 saturated heterocycles. The second-order valence-electron chi connectivity index (χ2n) is 7.95. The lowest BCUT2D eigenvalue weighted by molar-refractivity contribution is -0.116. The Morgan fingerprint density at radius 2 is 1.59 bits per heavy atom. The number of hydrogen-bond donors (Lipinski definition) is 1. The number of likely N-dealkylation sites (N-methyl/N-ethyl adjacent to an activating group) is 1. The topological polar surface area (TPSA) is 86.8 Å². The molecule has 0 spiro atoms. The summed E-state index contributed by atoms with van der Waals surface area (Å²) in [5.74, 6) is -1.66. The standard InChI is InChI=1S/C26H22ClN3O4/c1-29(16-23(31)28-22-10-6-5-9-21(22)27)24(32)18-11-12-19-20(15-18)26(34)30(25(19)33)14-13-17-7-3-2-4-8-17/h2-12,15H,13-14,16H2,1H3,(H,28,31). The monoisotopic (exact) mass is 475 g/mol. The third-order valence-corrected chi connectivity index (χ3v) is 5.89. The molecule has 1 aliphatic rings. The molecular formula is C26H22ClN3O4. The zero-order chi connectivity index (χ0) is 24.2. The van der Waals surface area contributed by atoms with Crippen molar-refractivity contribution in [1.29, 1.82) is 0 Å². The van der Waals surface area contributed by atoms with E-state index < -0.39 is 17.7 Å². The van der Waals surface area contributed by atoms with E-state index in [1.165, 1.54) is 35.0 Å². The maximum absolute atomic E-state index is 12.9. The average Bonchev–Trinajstić information content (AvgIpc) is 3.08. The van der Waals surface area contributed by atoms with E-state index in [-0.39, 0.29) is 35.7 Å². The summed E-state index contributed by atoms with van der Waals surface area (Å²) >= 11 is 6.05. The molecule has 4 rings (SSSR count). The summed E-state index contributed by atoms with van der Waals surface area (Å²) in [6.07, 6.45) is 0.543. The molecule has 8 heteroatoms. The summed E-state index contributed by atoms with van der Waals surface area (Å²) in [5.41, 5.74) is 2.16. The van der Waals surface area contributed by atoms with Crippen LogP contribution in [0, 0.1) is 0 Å². The highest BCUT2D eigenvalue weighted by Crippen LogP contribution is 2.25. The number of hydrogen-bond acceptors (Lipinski definition) is 4. The number of carbonyl (C=O) groups excluding carboxylic acids is 4. The molecule has 0 aliphatic carbocycles. The Balaban J connectivity index is 1.42. The molecule has 1 heterocycles. The SMILES string of the molecule is CN(CC(=O)Nc1ccccc1Cl)C(=O)c1ccc2c(c1)C(=O)N(CCc1ccccc1)C2=O. The van der Waals surface area contributed by atoms with Crippen molar-refractivity contribution in [2.45, 2.75) is 6.42 Å². The number of nitrogens with zero attached hydrogens (tertiary/aromatic N) is 2. The molecule has 172 valence electrons. The molecule has 1 N–H and O–H groups in total. The van der Waals surface area contributed by atoms with Gasteiger partial charge in [0.05, 0.1) is 28.4 Å². The van der Waals surface area contributed by atoms with Gasteiger partial charge in [-0.15, -0.1) is 0 Å². The molecule has 4 amide bonds. The smallest absolute Gasteiger partial charge is 0.261 e. The molecule has 3 aromatic rings. The number of para-hydroxylation sites is 1. The van der Waals surface area contributed by atoms with Gasteiger partial charge in [0.2, 0.25) is 5.91 Å². The fourth-order valence-electron chi connectivity index (χ4n) is 3.77. The van der Waals surface area contributed by atoms with Crippen LogP contribution in [0.2, 0.25) is 5.02 Å². The fraction of sp³-hybridized carbons (Fsp3) is 0.154. The second kappa shape index (κ2) is 9.89. The second-order valence-corrected chi connectivity index (χ2v) is 8.35. The molecular weight excluding hydrogens is 454 g/mol. The van der Waals surface area contributed by atoms with Gasteiger partial charge in [-0.25, -0.2) is 0 Å². The summed E-state index contributed by atoms with van der Waals surface area (Å²) in [4.78, 5) is 53.3. The van der Waals surface area contributed by atoms with Crippen molar-refractivity contribution >= 4 is 40.9 Å². The van der Waals surface area contributed by atoms with E-state index in [1.54, 1.807) is 24.3 Å². The summed E-state index contributed by atoms with van der Waals surface area (Å²) in [5, 5.41) is 3.06. The molecule has 1 aliphatic heterocycles. The summed E-state index contributed by atoms with van der Waals surface area (Å²) < 4.78 is 0. The van der Waals surface area contributed by atoms with E-state index in [0.717, 1.165) is 5.56 Å². The van der Waals surface area contributed by atoms with Gasteiger partial charge in [0, 0.05) is 19.2 Å².